The van der Waals surface area contributed by atoms with Crippen molar-refractivity contribution in [3.63, 3.8) is 0 Å². The number of fused-ring (bicyclic) bond motifs is 1. The summed E-state index contributed by atoms with van der Waals surface area (Å²) in [5.41, 5.74) is 3.97. The fraction of sp³-hybridized carbons (Fsp3) is 0.444. The molecular formula is C27H29Cl2N7O. The van der Waals surface area contributed by atoms with Gasteiger partial charge in [-0.1, -0.05) is 42.3 Å². The highest BCUT2D eigenvalue weighted by molar-refractivity contribution is 6.35. The van der Waals surface area contributed by atoms with Crippen LogP contribution in [-0.4, -0.2) is 56.2 Å². The van der Waals surface area contributed by atoms with E-state index in [0.29, 0.717) is 33.2 Å². The Balaban J connectivity index is 1.47. The Bertz CT molecular complexity index is 1430. The number of nitrogens with zero attached hydrogens (tertiary/aromatic N) is 6. The molecule has 2 aromatic heterocycles. The largest absolute Gasteiger partial charge is 0.358 e. The Morgan fingerprint density at radius 3 is 2.84 bits per heavy atom. The number of benzene rings is 1. The number of hydrogen-bond acceptors (Lipinski definition) is 6. The highest BCUT2D eigenvalue weighted by atomic mass is 35.5. The summed E-state index contributed by atoms with van der Waals surface area (Å²) in [6, 6.07) is 7.47. The molecule has 1 aliphatic heterocycles. The van der Waals surface area contributed by atoms with E-state index in [4.69, 9.17) is 28.2 Å². The van der Waals surface area contributed by atoms with Crippen molar-refractivity contribution in [3.05, 3.63) is 57.5 Å². The molecule has 1 aliphatic carbocycles. The van der Waals surface area contributed by atoms with E-state index in [-0.39, 0.29) is 23.7 Å². The number of nitriles is 1. The number of likely N-dealkylation sites (tertiary alicyclic amines) is 1. The second-order valence-corrected chi connectivity index (χ2v) is 10.7. The third-order valence-electron chi connectivity index (χ3n) is 7.69. The first-order valence-corrected chi connectivity index (χ1v) is 13.3. The van der Waals surface area contributed by atoms with Crippen molar-refractivity contribution in [1.29, 1.82) is 5.26 Å². The van der Waals surface area contributed by atoms with Crippen molar-refractivity contribution in [2.24, 2.45) is 5.92 Å². The van der Waals surface area contributed by atoms with Crippen molar-refractivity contribution in [2.75, 3.05) is 13.6 Å². The number of likely N-dealkylation sites (N-methyl/N-ethyl adjacent to an activating group) is 1. The van der Waals surface area contributed by atoms with E-state index in [1.807, 2.05) is 13.0 Å². The maximum absolute atomic E-state index is 12.4. The van der Waals surface area contributed by atoms with Crippen LogP contribution in [0.3, 0.4) is 0 Å². The quantitative estimate of drug-likeness (QED) is 0.491. The number of carbonyl (C=O) groups is 1. The van der Waals surface area contributed by atoms with Gasteiger partial charge in [0.25, 0.3) is 0 Å². The second-order valence-electron chi connectivity index (χ2n) is 9.90. The first-order chi connectivity index (χ1) is 17.8. The monoisotopic (exact) mass is 537 g/mol. The Kier molecular flexibility index (Phi) is 7.21. The Morgan fingerprint density at radius 2 is 2.14 bits per heavy atom. The lowest BCUT2D eigenvalue weighted by molar-refractivity contribution is -0.126. The maximum Gasteiger partial charge on any atom is 0.237 e. The maximum atomic E-state index is 12.4. The van der Waals surface area contributed by atoms with Gasteiger partial charge in [0.15, 0.2) is 11.3 Å². The van der Waals surface area contributed by atoms with Crippen LogP contribution in [0.2, 0.25) is 10.0 Å². The predicted molar refractivity (Wildman–Crippen MR) is 144 cm³/mol. The van der Waals surface area contributed by atoms with Crippen molar-refractivity contribution in [2.45, 2.75) is 57.7 Å². The van der Waals surface area contributed by atoms with E-state index in [2.05, 4.69) is 39.4 Å². The summed E-state index contributed by atoms with van der Waals surface area (Å²) < 4.78 is 1.72. The smallest absolute Gasteiger partial charge is 0.237 e. The van der Waals surface area contributed by atoms with Gasteiger partial charge in [0, 0.05) is 23.1 Å². The van der Waals surface area contributed by atoms with Crippen LogP contribution in [0.1, 0.15) is 62.5 Å². The molecule has 10 heteroatoms. The molecule has 4 atom stereocenters. The van der Waals surface area contributed by atoms with Crippen molar-refractivity contribution < 1.29 is 4.79 Å². The molecule has 3 unspecified atom stereocenters. The third-order valence-corrected chi connectivity index (χ3v) is 8.25. The van der Waals surface area contributed by atoms with E-state index in [9.17, 15) is 10.1 Å². The van der Waals surface area contributed by atoms with Crippen molar-refractivity contribution >= 4 is 45.8 Å². The minimum Gasteiger partial charge on any atom is -0.358 e. The van der Waals surface area contributed by atoms with Gasteiger partial charge in [0.1, 0.15) is 11.6 Å². The molecule has 5 rings (SSSR count). The molecule has 2 aliphatic rings. The van der Waals surface area contributed by atoms with E-state index < -0.39 is 0 Å². The van der Waals surface area contributed by atoms with Crippen LogP contribution in [0.5, 0.6) is 0 Å². The third kappa shape index (κ3) is 4.72. The molecule has 1 aromatic carbocycles. The number of nitrogens with one attached hydrogen (secondary N) is 1. The Morgan fingerprint density at radius 1 is 1.32 bits per heavy atom. The molecular weight excluding hydrogens is 509 g/mol. The summed E-state index contributed by atoms with van der Waals surface area (Å²) >= 11 is 12.6. The van der Waals surface area contributed by atoms with Crippen LogP contribution < -0.4 is 5.32 Å². The Labute approximate surface area is 226 Å². The summed E-state index contributed by atoms with van der Waals surface area (Å²) in [6.45, 7) is 5.15. The molecule has 192 valence electrons. The zero-order valence-electron chi connectivity index (χ0n) is 21.1. The fourth-order valence-corrected chi connectivity index (χ4v) is 6.31. The van der Waals surface area contributed by atoms with Gasteiger partial charge in [-0.2, -0.15) is 10.4 Å². The highest BCUT2D eigenvalue weighted by Gasteiger charge is 2.38. The average Bonchev–Trinajstić information content (AvgIpc) is 3.52. The van der Waals surface area contributed by atoms with Crippen LogP contribution in [0, 0.1) is 17.2 Å². The Hall–Kier alpha value is -2.99. The lowest BCUT2D eigenvalue weighted by Crippen LogP contribution is -2.49. The van der Waals surface area contributed by atoms with Crippen molar-refractivity contribution in [1.82, 2.24) is 30.0 Å². The molecule has 1 amide bonds. The lowest BCUT2D eigenvalue weighted by Gasteiger charge is -2.38. The summed E-state index contributed by atoms with van der Waals surface area (Å²) in [4.78, 5) is 24.3. The molecule has 0 spiro atoms. The van der Waals surface area contributed by atoms with Gasteiger partial charge in [-0.05, 0) is 68.3 Å². The average molecular weight is 538 g/mol. The number of amides is 1. The number of allylic oxidation sites excluding steroid dienone is 1. The molecule has 1 fully saturated rings. The molecule has 8 nitrogen and oxygen atoms in total. The van der Waals surface area contributed by atoms with E-state index in [1.165, 1.54) is 0 Å². The zero-order valence-corrected chi connectivity index (χ0v) is 22.6. The molecule has 0 radical (unpaired) electrons. The second kappa shape index (κ2) is 10.4. The van der Waals surface area contributed by atoms with Crippen LogP contribution >= 0.6 is 23.2 Å². The normalized spacial score (nSPS) is 23.0. The predicted octanol–water partition coefficient (Wildman–Crippen LogP) is 5.01. The van der Waals surface area contributed by atoms with Crippen molar-refractivity contribution in [3.8, 4) is 6.07 Å². The van der Waals surface area contributed by atoms with E-state index in [0.717, 1.165) is 49.1 Å². The van der Waals surface area contributed by atoms with Gasteiger partial charge in [0.2, 0.25) is 5.91 Å². The number of rotatable bonds is 5. The van der Waals surface area contributed by atoms with Gasteiger partial charge < -0.3 is 5.32 Å². The minimum atomic E-state index is -0.278. The van der Waals surface area contributed by atoms with E-state index >= 15 is 0 Å². The van der Waals surface area contributed by atoms with Crippen LogP contribution in [0.4, 0.5) is 0 Å². The highest BCUT2D eigenvalue weighted by Crippen LogP contribution is 2.37. The summed E-state index contributed by atoms with van der Waals surface area (Å²) in [6.07, 6.45) is 7.59. The van der Waals surface area contributed by atoms with Crippen LogP contribution in [0.15, 0.2) is 30.5 Å². The van der Waals surface area contributed by atoms with Gasteiger partial charge in [-0.15, -0.1) is 0 Å². The zero-order chi connectivity index (χ0) is 26.3. The van der Waals surface area contributed by atoms with Crippen LogP contribution in [-0.2, 0) is 4.79 Å². The molecule has 0 bridgehead atoms. The number of carbonyl (C=O) groups excluding carboxylic acids is 1. The van der Waals surface area contributed by atoms with Gasteiger partial charge in [0.05, 0.1) is 24.0 Å². The number of aromatic nitrogens is 4. The topological polar surface area (TPSA) is 99.7 Å². The standard InChI is InChI=1S/C27H29Cl2N7O/c1-15-11-17(6-9-23(15)35-10-4-5-24(35)27(37)31-3)22-14-32-25-21(13-30)34-36(26(25)33-22)16(2)19-8-7-18(28)12-20(19)29/h6-8,12,14-16,23-24H,4-5,9-11H2,1-3H3,(H,31,37)/t15?,16?,23-,24?/m0/s1. The molecule has 0 saturated carbocycles. The number of hydrogen-bond donors (Lipinski definition) is 1. The molecule has 1 N–H and O–H groups in total. The molecule has 37 heavy (non-hydrogen) atoms. The minimum absolute atomic E-state index is 0.0523. The SMILES string of the molecule is CNC(=O)C1CCCN1[C@H]1CC=C(c2cnc3c(C#N)nn(C(C)c4ccc(Cl)cc4Cl)c3n2)CC1C. The molecule has 3 heterocycles. The summed E-state index contributed by atoms with van der Waals surface area (Å²) in [7, 11) is 1.71. The van der Waals surface area contributed by atoms with Gasteiger partial charge in [-0.3, -0.25) is 9.69 Å². The number of halogens is 2. The van der Waals surface area contributed by atoms with Gasteiger partial charge >= 0.3 is 0 Å². The lowest BCUT2D eigenvalue weighted by atomic mass is 9.83. The van der Waals surface area contributed by atoms with Crippen LogP contribution in [0.25, 0.3) is 16.7 Å². The molecule has 1 saturated heterocycles. The summed E-state index contributed by atoms with van der Waals surface area (Å²) in [5, 5.41) is 18.1. The summed E-state index contributed by atoms with van der Waals surface area (Å²) in [5.74, 6) is 0.460. The van der Waals surface area contributed by atoms with E-state index in [1.54, 1.807) is 30.1 Å². The molecule has 3 aromatic rings. The van der Waals surface area contributed by atoms with Gasteiger partial charge in [-0.25, -0.2) is 14.6 Å². The first-order valence-electron chi connectivity index (χ1n) is 12.6. The fourth-order valence-electron chi connectivity index (χ4n) is 5.75. The first kappa shape index (κ1) is 25.7.